The molecule has 2 rings (SSSR count). The second kappa shape index (κ2) is 8.16. The van der Waals surface area contributed by atoms with E-state index >= 15 is 0 Å². The molecule has 2 aliphatic carbocycles. The van der Waals surface area contributed by atoms with Crippen LogP contribution in [0.25, 0.3) is 0 Å². The Kier molecular flexibility index (Phi) is 6.49. The molecule has 0 spiro atoms. The van der Waals surface area contributed by atoms with Gasteiger partial charge in [0.05, 0.1) is 11.3 Å². The lowest BCUT2D eigenvalue weighted by atomic mass is 9.89. The third-order valence-corrected chi connectivity index (χ3v) is 5.53. The van der Waals surface area contributed by atoms with E-state index in [1.54, 1.807) is 0 Å². The van der Waals surface area contributed by atoms with Gasteiger partial charge in [0.25, 0.3) is 0 Å². The molecule has 0 bridgehead atoms. The van der Waals surface area contributed by atoms with Crippen molar-refractivity contribution < 1.29 is 19.1 Å². The van der Waals surface area contributed by atoms with Crippen LogP contribution in [-0.2, 0) is 19.1 Å². The van der Waals surface area contributed by atoms with Gasteiger partial charge in [-0.2, -0.15) is 0 Å². The normalized spacial score (nSPS) is 23.4. The van der Waals surface area contributed by atoms with Gasteiger partial charge in [-0.25, -0.2) is 0 Å². The molecule has 4 heteroatoms. The summed E-state index contributed by atoms with van der Waals surface area (Å²) in [6, 6.07) is 0. The number of esters is 2. The molecule has 2 fully saturated rings. The first-order chi connectivity index (χ1) is 10.9. The molecule has 2 atom stereocenters. The Morgan fingerprint density at radius 3 is 2.26 bits per heavy atom. The smallest absolute Gasteiger partial charge is 0.312 e. The molecule has 0 aromatic carbocycles. The minimum atomic E-state index is -0.309. The van der Waals surface area contributed by atoms with E-state index in [0.717, 1.165) is 57.8 Å². The van der Waals surface area contributed by atoms with Crippen LogP contribution in [0.1, 0.15) is 85.0 Å². The summed E-state index contributed by atoms with van der Waals surface area (Å²) in [6.07, 6.45) is 9.23. The number of rotatable bonds is 7. The number of ether oxygens (including phenoxy) is 2. The number of carbonyl (C=O) groups excluding carboxylic acids is 2. The van der Waals surface area contributed by atoms with Crippen molar-refractivity contribution in [3.63, 3.8) is 0 Å². The minimum Gasteiger partial charge on any atom is -0.462 e. The van der Waals surface area contributed by atoms with Crippen LogP contribution in [0.4, 0.5) is 0 Å². The third-order valence-electron chi connectivity index (χ3n) is 5.53. The fraction of sp³-hybridized carbons (Fsp3) is 0.895. The van der Waals surface area contributed by atoms with Crippen molar-refractivity contribution in [2.24, 2.45) is 11.3 Å². The molecule has 0 amide bonds. The molecule has 0 aromatic rings. The molecule has 0 heterocycles. The first-order valence-corrected chi connectivity index (χ1v) is 9.36. The van der Waals surface area contributed by atoms with Gasteiger partial charge in [-0.1, -0.05) is 32.6 Å². The summed E-state index contributed by atoms with van der Waals surface area (Å²) in [7, 11) is 0. The largest absolute Gasteiger partial charge is 0.462 e. The van der Waals surface area contributed by atoms with E-state index in [1.807, 2.05) is 20.8 Å². The zero-order chi connectivity index (χ0) is 16.9. The third kappa shape index (κ3) is 4.95. The lowest BCUT2D eigenvalue weighted by Gasteiger charge is -2.26. The van der Waals surface area contributed by atoms with Gasteiger partial charge in [-0.15, -0.1) is 0 Å². The molecule has 4 nitrogen and oxygen atoms in total. The molecular weight excluding hydrogens is 292 g/mol. The second-order valence-corrected chi connectivity index (χ2v) is 7.67. The lowest BCUT2D eigenvalue weighted by Crippen LogP contribution is -2.32. The van der Waals surface area contributed by atoms with E-state index < -0.39 is 0 Å². The summed E-state index contributed by atoms with van der Waals surface area (Å²) in [4.78, 5) is 24.5. The van der Waals surface area contributed by atoms with Crippen molar-refractivity contribution in [3.8, 4) is 0 Å². The van der Waals surface area contributed by atoms with Gasteiger partial charge in [0.2, 0.25) is 0 Å². The van der Waals surface area contributed by atoms with Gasteiger partial charge in [0.1, 0.15) is 12.2 Å². The Labute approximate surface area is 140 Å². The summed E-state index contributed by atoms with van der Waals surface area (Å²) in [5, 5.41) is 0. The van der Waals surface area contributed by atoms with Crippen LogP contribution < -0.4 is 0 Å². The first-order valence-electron chi connectivity index (χ1n) is 9.36. The average Bonchev–Trinajstić information content (AvgIpc) is 3.18. The molecule has 2 saturated carbocycles. The Hall–Kier alpha value is -1.06. The maximum Gasteiger partial charge on any atom is 0.312 e. The zero-order valence-corrected chi connectivity index (χ0v) is 14.9. The standard InChI is InChI=1S/C19H32O4/c1-4-16(23-17(20)15-9-5-6-10-15)13-14(2)22-18(21)19(3)11-7-8-12-19/h14-16H,4-13H2,1-3H3. The summed E-state index contributed by atoms with van der Waals surface area (Å²) in [5.74, 6) is -0.0607. The van der Waals surface area contributed by atoms with E-state index in [2.05, 4.69) is 0 Å². The highest BCUT2D eigenvalue weighted by molar-refractivity contribution is 5.76. The SMILES string of the molecule is CCC(CC(C)OC(=O)C1(C)CCCC1)OC(=O)C1CCCC1. The van der Waals surface area contributed by atoms with Crippen LogP contribution in [0.5, 0.6) is 0 Å². The fourth-order valence-electron chi connectivity index (χ4n) is 3.82. The Bertz CT molecular complexity index is 406. The number of carbonyl (C=O) groups is 2. The van der Waals surface area contributed by atoms with Crippen molar-refractivity contribution in [1.29, 1.82) is 0 Å². The maximum absolute atomic E-state index is 12.3. The van der Waals surface area contributed by atoms with E-state index in [-0.39, 0.29) is 35.5 Å². The molecule has 23 heavy (non-hydrogen) atoms. The zero-order valence-electron chi connectivity index (χ0n) is 14.9. The van der Waals surface area contributed by atoms with Crippen molar-refractivity contribution in [2.45, 2.75) is 97.2 Å². The lowest BCUT2D eigenvalue weighted by molar-refractivity contribution is -0.163. The van der Waals surface area contributed by atoms with E-state index in [0.29, 0.717) is 6.42 Å². The molecule has 0 aromatic heterocycles. The molecular formula is C19H32O4. The monoisotopic (exact) mass is 324 g/mol. The van der Waals surface area contributed by atoms with Gasteiger partial charge in [-0.3, -0.25) is 9.59 Å². The summed E-state index contributed by atoms with van der Waals surface area (Å²) < 4.78 is 11.3. The van der Waals surface area contributed by atoms with E-state index in [1.165, 1.54) is 0 Å². The molecule has 0 aliphatic heterocycles. The molecule has 0 N–H and O–H groups in total. The average molecular weight is 324 g/mol. The van der Waals surface area contributed by atoms with Gasteiger partial charge in [0.15, 0.2) is 0 Å². The minimum absolute atomic E-state index is 0.0596. The summed E-state index contributed by atoms with van der Waals surface area (Å²) in [5.41, 5.74) is -0.309. The first kappa shape index (κ1) is 18.3. The van der Waals surface area contributed by atoms with E-state index in [9.17, 15) is 9.59 Å². The van der Waals surface area contributed by atoms with Gasteiger partial charge in [-0.05, 0) is 46.0 Å². The van der Waals surface area contributed by atoms with Crippen molar-refractivity contribution >= 4 is 11.9 Å². The fourth-order valence-corrected chi connectivity index (χ4v) is 3.82. The Morgan fingerprint density at radius 1 is 1.09 bits per heavy atom. The summed E-state index contributed by atoms with van der Waals surface area (Å²) >= 11 is 0. The highest BCUT2D eigenvalue weighted by atomic mass is 16.6. The van der Waals surface area contributed by atoms with Gasteiger partial charge < -0.3 is 9.47 Å². The van der Waals surface area contributed by atoms with Crippen LogP contribution in [0.2, 0.25) is 0 Å². The van der Waals surface area contributed by atoms with Gasteiger partial charge >= 0.3 is 11.9 Å². The highest BCUT2D eigenvalue weighted by Crippen LogP contribution is 2.39. The van der Waals surface area contributed by atoms with Crippen LogP contribution in [0.3, 0.4) is 0 Å². The highest BCUT2D eigenvalue weighted by Gasteiger charge is 2.38. The van der Waals surface area contributed by atoms with E-state index in [4.69, 9.17) is 9.47 Å². The van der Waals surface area contributed by atoms with Crippen molar-refractivity contribution in [3.05, 3.63) is 0 Å². The maximum atomic E-state index is 12.3. The van der Waals surface area contributed by atoms with Crippen LogP contribution in [-0.4, -0.2) is 24.1 Å². The molecule has 2 unspecified atom stereocenters. The predicted molar refractivity (Wildman–Crippen MR) is 88.9 cm³/mol. The predicted octanol–water partition coefficient (Wildman–Crippen LogP) is 4.40. The van der Waals surface area contributed by atoms with Crippen molar-refractivity contribution in [2.75, 3.05) is 0 Å². The second-order valence-electron chi connectivity index (χ2n) is 7.67. The Morgan fingerprint density at radius 2 is 1.70 bits per heavy atom. The van der Waals surface area contributed by atoms with Crippen LogP contribution in [0.15, 0.2) is 0 Å². The topological polar surface area (TPSA) is 52.6 Å². The molecule has 132 valence electrons. The summed E-state index contributed by atoms with van der Waals surface area (Å²) in [6.45, 7) is 5.92. The quantitative estimate of drug-likeness (QED) is 0.651. The van der Waals surface area contributed by atoms with Gasteiger partial charge in [0, 0.05) is 6.42 Å². The molecule has 0 radical (unpaired) electrons. The Balaban J connectivity index is 1.78. The molecule has 2 aliphatic rings. The van der Waals surface area contributed by atoms with Crippen molar-refractivity contribution in [1.82, 2.24) is 0 Å². The number of hydrogen-bond acceptors (Lipinski definition) is 4. The van der Waals surface area contributed by atoms with Crippen LogP contribution >= 0.6 is 0 Å². The van der Waals surface area contributed by atoms with Crippen LogP contribution in [0, 0.1) is 11.3 Å². The number of hydrogen-bond donors (Lipinski definition) is 0. The molecule has 0 saturated heterocycles.